The first-order chi connectivity index (χ1) is 7.95. The number of likely N-dealkylation sites (N-methyl/N-ethyl adjacent to an activating group) is 2. The predicted molar refractivity (Wildman–Crippen MR) is 75.1 cm³/mol. The molecule has 0 atom stereocenters. The second kappa shape index (κ2) is 5.91. The van der Waals surface area contributed by atoms with Gasteiger partial charge in [0.05, 0.1) is 12.2 Å². The van der Waals surface area contributed by atoms with Gasteiger partial charge < -0.3 is 15.5 Å². The van der Waals surface area contributed by atoms with Gasteiger partial charge in [-0.1, -0.05) is 0 Å². The Bertz CT molecular complexity index is 407. The number of hydrogen-bond acceptors (Lipinski definition) is 3. The summed E-state index contributed by atoms with van der Waals surface area (Å²) in [4.78, 5) is 15.3. The zero-order chi connectivity index (χ0) is 13.0. The van der Waals surface area contributed by atoms with E-state index >= 15 is 0 Å². The molecule has 0 aliphatic heterocycles. The number of carbonyl (C=O) groups is 1. The van der Waals surface area contributed by atoms with Crippen LogP contribution in [-0.4, -0.2) is 38.0 Å². The van der Waals surface area contributed by atoms with E-state index in [1.54, 1.807) is 19.0 Å². The molecule has 0 unspecified atom stereocenters. The van der Waals surface area contributed by atoms with E-state index in [0.717, 1.165) is 16.7 Å². The first kappa shape index (κ1) is 13.8. The van der Waals surface area contributed by atoms with E-state index in [-0.39, 0.29) is 5.91 Å². The molecule has 0 aromatic heterocycles. The van der Waals surface area contributed by atoms with Gasteiger partial charge in [0.2, 0.25) is 5.91 Å². The average molecular weight is 300 g/mol. The number of nitrogens with two attached hydrogens (primary N) is 1. The van der Waals surface area contributed by atoms with E-state index in [2.05, 4.69) is 15.9 Å². The molecule has 1 amide bonds. The van der Waals surface area contributed by atoms with Crippen molar-refractivity contribution in [1.29, 1.82) is 0 Å². The fraction of sp³-hybridized carbons (Fsp3) is 0.417. The van der Waals surface area contributed by atoms with Crippen LogP contribution in [0.25, 0.3) is 0 Å². The van der Waals surface area contributed by atoms with Crippen molar-refractivity contribution in [2.75, 3.05) is 37.8 Å². The van der Waals surface area contributed by atoms with Crippen LogP contribution >= 0.6 is 15.9 Å². The summed E-state index contributed by atoms with van der Waals surface area (Å²) in [5.74, 6) is 0.0792. The van der Waals surface area contributed by atoms with Gasteiger partial charge in [-0.15, -0.1) is 0 Å². The molecule has 94 valence electrons. The maximum atomic E-state index is 11.7. The summed E-state index contributed by atoms with van der Waals surface area (Å²) in [6, 6.07) is 5.60. The number of anilines is 2. The molecule has 0 fully saturated rings. The van der Waals surface area contributed by atoms with Crippen LogP contribution in [0.3, 0.4) is 0 Å². The third kappa shape index (κ3) is 3.63. The molecule has 0 aliphatic carbocycles. The SMILES string of the molecule is CCN(CC(=O)N(C)C)c1ccc(N)cc1Br. The van der Waals surface area contributed by atoms with Crippen LogP contribution in [0, 0.1) is 0 Å². The van der Waals surface area contributed by atoms with E-state index in [1.165, 1.54) is 0 Å². The average Bonchev–Trinajstić information content (AvgIpc) is 2.26. The normalized spacial score (nSPS) is 10.1. The van der Waals surface area contributed by atoms with Crippen LogP contribution in [-0.2, 0) is 4.79 Å². The molecule has 2 N–H and O–H groups in total. The second-order valence-electron chi connectivity index (χ2n) is 4.01. The number of nitrogens with zero attached hydrogens (tertiary/aromatic N) is 2. The Hall–Kier alpha value is -1.23. The van der Waals surface area contributed by atoms with Crippen molar-refractivity contribution in [3.05, 3.63) is 22.7 Å². The summed E-state index contributed by atoms with van der Waals surface area (Å²) >= 11 is 3.47. The fourth-order valence-electron chi connectivity index (χ4n) is 1.45. The lowest BCUT2D eigenvalue weighted by Gasteiger charge is -2.25. The Morgan fingerprint density at radius 2 is 2.06 bits per heavy atom. The van der Waals surface area contributed by atoms with Crippen LogP contribution < -0.4 is 10.6 Å². The van der Waals surface area contributed by atoms with Crippen LogP contribution in [0.1, 0.15) is 6.92 Å². The van der Waals surface area contributed by atoms with Crippen molar-refractivity contribution < 1.29 is 4.79 Å². The standard InChI is InChI=1S/C12H18BrN3O/c1-4-16(8-12(17)15(2)3)11-6-5-9(14)7-10(11)13/h5-7H,4,8,14H2,1-3H3. The highest BCUT2D eigenvalue weighted by Gasteiger charge is 2.13. The summed E-state index contributed by atoms with van der Waals surface area (Å²) in [7, 11) is 3.52. The predicted octanol–water partition coefficient (Wildman–Crippen LogP) is 1.95. The van der Waals surface area contributed by atoms with Gasteiger partial charge in [0.25, 0.3) is 0 Å². The Morgan fingerprint density at radius 3 is 2.53 bits per heavy atom. The van der Waals surface area contributed by atoms with Crippen molar-refractivity contribution in [3.8, 4) is 0 Å². The molecular formula is C12H18BrN3O. The molecule has 0 radical (unpaired) electrons. The number of hydrogen-bond donors (Lipinski definition) is 1. The smallest absolute Gasteiger partial charge is 0.241 e. The molecule has 0 saturated heterocycles. The molecule has 1 aromatic rings. The molecule has 1 rings (SSSR count). The molecular weight excluding hydrogens is 282 g/mol. The van der Waals surface area contributed by atoms with Crippen molar-refractivity contribution in [1.82, 2.24) is 4.90 Å². The maximum Gasteiger partial charge on any atom is 0.241 e. The van der Waals surface area contributed by atoms with E-state index in [1.807, 2.05) is 30.0 Å². The first-order valence-corrected chi connectivity index (χ1v) is 6.25. The van der Waals surface area contributed by atoms with E-state index in [9.17, 15) is 4.79 Å². The number of amides is 1. The van der Waals surface area contributed by atoms with Gasteiger partial charge in [-0.3, -0.25) is 4.79 Å². The van der Waals surface area contributed by atoms with Gasteiger partial charge in [-0.25, -0.2) is 0 Å². The van der Waals surface area contributed by atoms with Crippen molar-refractivity contribution >= 4 is 33.2 Å². The van der Waals surface area contributed by atoms with Crippen LogP contribution in [0.4, 0.5) is 11.4 Å². The summed E-state index contributed by atoms with van der Waals surface area (Å²) in [6.45, 7) is 3.15. The van der Waals surface area contributed by atoms with Gasteiger partial charge in [0.15, 0.2) is 0 Å². The molecule has 5 heteroatoms. The Labute approximate surface area is 111 Å². The van der Waals surface area contributed by atoms with Gasteiger partial charge in [-0.2, -0.15) is 0 Å². The van der Waals surface area contributed by atoms with Crippen LogP contribution in [0.2, 0.25) is 0 Å². The van der Waals surface area contributed by atoms with Gasteiger partial charge in [0, 0.05) is 30.8 Å². The number of nitrogen functional groups attached to an aromatic ring is 1. The summed E-state index contributed by atoms with van der Waals surface area (Å²) in [5.41, 5.74) is 7.38. The summed E-state index contributed by atoms with van der Waals surface area (Å²) in [6.07, 6.45) is 0. The molecule has 0 spiro atoms. The summed E-state index contributed by atoms with van der Waals surface area (Å²) < 4.78 is 0.908. The van der Waals surface area contributed by atoms with Crippen molar-refractivity contribution in [2.45, 2.75) is 6.92 Å². The second-order valence-corrected chi connectivity index (χ2v) is 4.87. The first-order valence-electron chi connectivity index (χ1n) is 5.45. The summed E-state index contributed by atoms with van der Waals surface area (Å²) in [5, 5.41) is 0. The Balaban J connectivity index is 2.90. The minimum atomic E-state index is 0.0792. The third-order valence-corrected chi connectivity index (χ3v) is 3.15. The number of halogens is 1. The van der Waals surface area contributed by atoms with Crippen molar-refractivity contribution in [2.24, 2.45) is 0 Å². The lowest BCUT2D eigenvalue weighted by molar-refractivity contribution is -0.127. The molecule has 4 nitrogen and oxygen atoms in total. The highest BCUT2D eigenvalue weighted by atomic mass is 79.9. The monoisotopic (exact) mass is 299 g/mol. The maximum absolute atomic E-state index is 11.7. The molecule has 0 saturated carbocycles. The van der Waals surface area contributed by atoms with E-state index in [4.69, 9.17) is 5.73 Å². The van der Waals surface area contributed by atoms with E-state index in [0.29, 0.717) is 12.2 Å². The quantitative estimate of drug-likeness (QED) is 0.865. The van der Waals surface area contributed by atoms with Gasteiger partial charge >= 0.3 is 0 Å². The number of rotatable bonds is 4. The van der Waals surface area contributed by atoms with Crippen molar-refractivity contribution in [3.63, 3.8) is 0 Å². The van der Waals surface area contributed by atoms with Gasteiger partial charge in [-0.05, 0) is 41.1 Å². The minimum absolute atomic E-state index is 0.0792. The fourth-order valence-corrected chi connectivity index (χ4v) is 2.10. The highest BCUT2D eigenvalue weighted by Crippen LogP contribution is 2.28. The number of benzene rings is 1. The number of carbonyl (C=O) groups excluding carboxylic acids is 1. The van der Waals surface area contributed by atoms with Crippen LogP contribution in [0.15, 0.2) is 22.7 Å². The zero-order valence-corrected chi connectivity index (χ0v) is 12.0. The lowest BCUT2D eigenvalue weighted by Crippen LogP contribution is -2.36. The minimum Gasteiger partial charge on any atom is -0.399 e. The molecule has 0 aliphatic rings. The Morgan fingerprint density at radius 1 is 1.41 bits per heavy atom. The molecule has 0 heterocycles. The van der Waals surface area contributed by atoms with Crippen LogP contribution in [0.5, 0.6) is 0 Å². The zero-order valence-electron chi connectivity index (χ0n) is 10.4. The largest absolute Gasteiger partial charge is 0.399 e. The lowest BCUT2D eigenvalue weighted by atomic mass is 10.2. The van der Waals surface area contributed by atoms with E-state index < -0.39 is 0 Å². The highest BCUT2D eigenvalue weighted by molar-refractivity contribution is 9.10. The molecule has 17 heavy (non-hydrogen) atoms. The Kier molecular flexibility index (Phi) is 4.81. The third-order valence-electron chi connectivity index (χ3n) is 2.52. The van der Waals surface area contributed by atoms with Gasteiger partial charge in [0.1, 0.15) is 0 Å². The molecule has 0 bridgehead atoms. The topological polar surface area (TPSA) is 49.6 Å². The molecule has 1 aromatic carbocycles.